The van der Waals surface area contributed by atoms with Crippen LogP contribution in [0.15, 0.2) is 65.0 Å². The molecule has 0 saturated heterocycles. The Balaban J connectivity index is 2.54. The van der Waals surface area contributed by atoms with Gasteiger partial charge in [-0.15, -0.1) is 0 Å². The number of pyridine rings is 1. The molecule has 0 unspecified atom stereocenters. The van der Waals surface area contributed by atoms with E-state index in [9.17, 15) is 14.4 Å². The summed E-state index contributed by atoms with van der Waals surface area (Å²) in [6.45, 7) is 10.3. The van der Waals surface area contributed by atoms with Gasteiger partial charge in [0.1, 0.15) is 0 Å². The summed E-state index contributed by atoms with van der Waals surface area (Å²) in [6.07, 6.45) is 2.95. The van der Waals surface area contributed by atoms with Crippen molar-refractivity contribution in [3.05, 3.63) is 81.9 Å². The van der Waals surface area contributed by atoms with E-state index in [1.54, 1.807) is 31.2 Å². The molecule has 2 N–H and O–H groups in total. The number of rotatable bonds is 7. The largest absolute Gasteiger partial charge is 0.325 e. The molecular formula is C21H21ClN4O3. The molecule has 1 aromatic heterocycles. The molecule has 2 rings (SSSR count). The number of allylic oxidation sites excluding steroid dienone is 2. The maximum absolute atomic E-state index is 13.0. The highest BCUT2D eigenvalue weighted by atomic mass is 35.5. The van der Waals surface area contributed by atoms with Crippen LogP contribution in [-0.4, -0.2) is 22.6 Å². The van der Waals surface area contributed by atoms with Gasteiger partial charge in [0.2, 0.25) is 5.91 Å². The van der Waals surface area contributed by atoms with Crippen LogP contribution in [-0.2, 0) is 11.3 Å². The zero-order chi connectivity index (χ0) is 21.6. The summed E-state index contributed by atoms with van der Waals surface area (Å²) < 4.78 is 1.36. The van der Waals surface area contributed by atoms with Crippen molar-refractivity contribution >= 4 is 41.0 Å². The molecule has 1 heterocycles. The van der Waals surface area contributed by atoms with E-state index in [-0.39, 0.29) is 17.8 Å². The number of anilines is 2. The fourth-order valence-corrected chi connectivity index (χ4v) is 2.85. The van der Waals surface area contributed by atoms with Crippen LogP contribution in [0.25, 0.3) is 0 Å². The molecule has 0 spiro atoms. The SMILES string of the molecule is C=CC=NC(=C)Cn1c(C)c(C(=O)Nc2ccccc2Cl)c(NC(C)=O)cc1=O. The highest BCUT2D eigenvalue weighted by Crippen LogP contribution is 2.24. The van der Waals surface area contributed by atoms with E-state index in [1.807, 2.05) is 0 Å². The zero-order valence-corrected chi connectivity index (χ0v) is 16.9. The predicted octanol–water partition coefficient (Wildman–Crippen LogP) is 3.79. The highest BCUT2D eigenvalue weighted by molar-refractivity contribution is 6.34. The van der Waals surface area contributed by atoms with Crippen molar-refractivity contribution < 1.29 is 9.59 Å². The molecule has 0 bridgehead atoms. The molecule has 2 amide bonds. The van der Waals surface area contributed by atoms with Gasteiger partial charge in [-0.05, 0) is 19.1 Å². The zero-order valence-electron chi connectivity index (χ0n) is 16.2. The molecule has 2 aromatic rings. The number of para-hydroxylation sites is 1. The number of nitrogens with one attached hydrogen (secondary N) is 2. The first kappa shape index (κ1) is 21.8. The van der Waals surface area contributed by atoms with Gasteiger partial charge >= 0.3 is 0 Å². The van der Waals surface area contributed by atoms with Crippen molar-refractivity contribution in [2.24, 2.45) is 4.99 Å². The molecule has 0 aliphatic rings. The lowest BCUT2D eigenvalue weighted by molar-refractivity contribution is -0.114. The number of carbonyl (C=O) groups is 2. The van der Waals surface area contributed by atoms with Gasteiger partial charge < -0.3 is 15.2 Å². The summed E-state index contributed by atoms with van der Waals surface area (Å²) in [5.41, 5.74) is 1.00. The van der Waals surface area contributed by atoms with Gasteiger partial charge in [0, 0.05) is 24.9 Å². The number of amides is 2. The second kappa shape index (κ2) is 9.66. The van der Waals surface area contributed by atoms with E-state index in [4.69, 9.17) is 11.6 Å². The topological polar surface area (TPSA) is 92.6 Å². The normalized spacial score (nSPS) is 10.6. The first-order valence-corrected chi connectivity index (χ1v) is 9.03. The summed E-state index contributed by atoms with van der Waals surface area (Å²) >= 11 is 6.12. The third kappa shape index (κ3) is 5.52. The summed E-state index contributed by atoms with van der Waals surface area (Å²) in [6, 6.07) is 7.95. The van der Waals surface area contributed by atoms with Gasteiger partial charge in [0.05, 0.1) is 34.2 Å². The monoisotopic (exact) mass is 412 g/mol. The minimum absolute atomic E-state index is 0.0712. The molecule has 1 aromatic carbocycles. The number of nitrogens with zero attached hydrogens (tertiary/aromatic N) is 2. The molecule has 29 heavy (non-hydrogen) atoms. The number of hydrogen-bond donors (Lipinski definition) is 2. The van der Waals surface area contributed by atoms with Crippen molar-refractivity contribution in [1.29, 1.82) is 0 Å². The third-order valence-corrected chi connectivity index (χ3v) is 4.26. The number of carbonyl (C=O) groups excluding carboxylic acids is 2. The molecule has 0 aliphatic carbocycles. The van der Waals surface area contributed by atoms with E-state index in [0.717, 1.165) is 0 Å². The molecule has 0 atom stereocenters. The number of aromatic nitrogens is 1. The second-order valence-corrected chi connectivity index (χ2v) is 6.55. The van der Waals surface area contributed by atoms with E-state index < -0.39 is 17.4 Å². The number of aliphatic imine (C=N–C) groups is 1. The van der Waals surface area contributed by atoms with Crippen molar-refractivity contribution in [3.63, 3.8) is 0 Å². The van der Waals surface area contributed by atoms with Crippen LogP contribution in [0.4, 0.5) is 11.4 Å². The molecule has 7 nitrogen and oxygen atoms in total. The van der Waals surface area contributed by atoms with Crippen LogP contribution in [0.2, 0.25) is 5.02 Å². The lowest BCUT2D eigenvalue weighted by Gasteiger charge is -2.18. The number of halogens is 1. The predicted molar refractivity (Wildman–Crippen MR) is 117 cm³/mol. The van der Waals surface area contributed by atoms with E-state index in [0.29, 0.717) is 22.1 Å². The van der Waals surface area contributed by atoms with E-state index >= 15 is 0 Å². The molecule has 0 saturated carbocycles. The maximum Gasteiger partial charge on any atom is 0.259 e. The minimum Gasteiger partial charge on any atom is -0.325 e. The molecule has 8 heteroatoms. The van der Waals surface area contributed by atoms with Gasteiger partial charge in [-0.1, -0.05) is 43.0 Å². The van der Waals surface area contributed by atoms with Crippen molar-refractivity contribution in [1.82, 2.24) is 4.57 Å². The lowest BCUT2D eigenvalue weighted by Crippen LogP contribution is -2.29. The van der Waals surface area contributed by atoms with Crippen LogP contribution in [0.1, 0.15) is 23.0 Å². The number of benzene rings is 1. The Kier molecular flexibility index (Phi) is 7.27. The number of hydrogen-bond acceptors (Lipinski definition) is 4. The molecule has 0 radical (unpaired) electrons. The van der Waals surface area contributed by atoms with Gasteiger partial charge in [-0.25, -0.2) is 0 Å². The second-order valence-electron chi connectivity index (χ2n) is 6.14. The van der Waals surface area contributed by atoms with Crippen LogP contribution >= 0.6 is 11.6 Å². The average molecular weight is 413 g/mol. The highest BCUT2D eigenvalue weighted by Gasteiger charge is 2.21. The molecule has 0 aliphatic heterocycles. The minimum atomic E-state index is -0.520. The van der Waals surface area contributed by atoms with Crippen LogP contribution in [0, 0.1) is 6.92 Å². The van der Waals surface area contributed by atoms with Crippen LogP contribution < -0.4 is 16.2 Å². The van der Waals surface area contributed by atoms with E-state index in [1.165, 1.54) is 29.8 Å². The smallest absolute Gasteiger partial charge is 0.259 e. The molecular weight excluding hydrogens is 392 g/mol. The fourth-order valence-electron chi connectivity index (χ4n) is 2.67. The van der Waals surface area contributed by atoms with Crippen LogP contribution in [0.3, 0.4) is 0 Å². The Morgan fingerprint density at radius 3 is 2.55 bits per heavy atom. The first-order valence-electron chi connectivity index (χ1n) is 8.65. The molecule has 150 valence electrons. The van der Waals surface area contributed by atoms with Gasteiger partial charge in [0.15, 0.2) is 0 Å². The van der Waals surface area contributed by atoms with Crippen molar-refractivity contribution in [2.45, 2.75) is 20.4 Å². The summed E-state index contributed by atoms with van der Waals surface area (Å²) in [7, 11) is 0. The standard InChI is InChI=1S/C21H21ClN4O3/c1-5-10-23-13(2)12-26-14(3)20(18(11-19(26)28)24-15(4)27)21(29)25-17-9-7-6-8-16(17)22/h5-11H,1-2,12H2,3-4H3,(H,24,27)(H,25,29). The Morgan fingerprint density at radius 2 is 1.93 bits per heavy atom. The van der Waals surface area contributed by atoms with Crippen molar-refractivity contribution in [3.8, 4) is 0 Å². The maximum atomic E-state index is 13.0. The van der Waals surface area contributed by atoms with Gasteiger partial charge in [-0.2, -0.15) is 0 Å². The van der Waals surface area contributed by atoms with E-state index in [2.05, 4.69) is 28.8 Å². The Hall–Kier alpha value is -3.45. The summed E-state index contributed by atoms with van der Waals surface area (Å²) in [4.78, 5) is 41.2. The Morgan fingerprint density at radius 1 is 1.24 bits per heavy atom. The summed E-state index contributed by atoms with van der Waals surface area (Å²) in [5, 5.41) is 5.61. The molecule has 0 fully saturated rings. The van der Waals surface area contributed by atoms with Gasteiger partial charge in [-0.3, -0.25) is 19.4 Å². The Labute approximate surface area is 173 Å². The summed E-state index contributed by atoms with van der Waals surface area (Å²) in [5.74, 6) is -0.929. The van der Waals surface area contributed by atoms with Crippen molar-refractivity contribution in [2.75, 3.05) is 10.6 Å². The fraction of sp³-hybridized carbons (Fsp3) is 0.143. The quantitative estimate of drug-likeness (QED) is 0.677. The first-order chi connectivity index (χ1) is 13.7. The average Bonchev–Trinajstić information content (AvgIpc) is 2.64. The van der Waals surface area contributed by atoms with Crippen LogP contribution in [0.5, 0.6) is 0 Å². The lowest BCUT2D eigenvalue weighted by atomic mass is 10.1. The Bertz CT molecular complexity index is 1070. The third-order valence-electron chi connectivity index (χ3n) is 3.93. The van der Waals surface area contributed by atoms with Gasteiger partial charge in [0.25, 0.3) is 11.5 Å².